The number of benzene rings is 1. The van der Waals surface area contributed by atoms with Gasteiger partial charge in [0.1, 0.15) is 0 Å². The minimum atomic E-state index is -1.32. The maximum absolute atomic E-state index is 13.5. The lowest BCUT2D eigenvalue weighted by Gasteiger charge is -2.11. The van der Waals surface area contributed by atoms with Crippen LogP contribution in [-0.2, 0) is 21.3 Å². The molecule has 1 aromatic carbocycles. The van der Waals surface area contributed by atoms with Gasteiger partial charge < -0.3 is 5.11 Å². The Morgan fingerprint density at radius 2 is 2.14 bits per heavy atom. The minimum Gasteiger partial charge on any atom is -0.481 e. The van der Waals surface area contributed by atoms with Crippen molar-refractivity contribution in [3.63, 3.8) is 0 Å². The molecule has 1 fully saturated rings. The fraction of sp³-hybridized carbons (Fsp3) is 0.462. The number of aliphatic carboxylic acids is 1. The van der Waals surface area contributed by atoms with Gasteiger partial charge in [0.2, 0.25) is 5.82 Å². The van der Waals surface area contributed by atoms with Gasteiger partial charge in [0.25, 0.3) is 0 Å². The lowest BCUT2D eigenvalue weighted by atomic mass is 10.1. The Morgan fingerprint density at radius 1 is 1.48 bits per heavy atom. The number of carboxylic acid groups (broad SMARTS) is 1. The van der Waals surface area contributed by atoms with Crippen molar-refractivity contribution in [1.29, 1.82) is 0 Å². The Bertz CT molecular complexity index is 615. The van der Waals surface area contributed by atoms with Gasteiger partial charge in [-0.3, -0.25) is 19.1 Å². The number of carboxylic acids is 1. The summed E-state index contributed by atoms with van der Waals surface area (Å²) in [5.41, 5.74) is -0.604. The number of nitro benzene ring substituents is 1. The van der Waals surface area contributed by atoms with E-state index in [1.54, 1.807) is 0 Å². The molecule has 2 rings (SSSR count). The zero-order valence-corrected chi connectivity index (χ0v) is 11.9. The Hall–Kier alpha value is -1.83. The summed E-state index contributed by atoms with van der Waals surface area (Å²) in [6.45, 7) is 0. The Labute approximate surface area is 122 Å². The number of carbonyl (C=O) groups is 1. The fourth-order valence-electron chi connectivity index (χ4n) is 2.24. The van der Waals surface area contributed by atoms with Crippen LogP contribution in [-0.4, -0.2) is 26.0 Å². The van der Waals surface area contributed by atoms with E-state index in [0.29, 0.717) is 5.56 Å². The van der Waals surface area contributed by atoms with Gasteiger partial charge >= 0.3 is 11.7 Å². The molecule has 6 nitrogen and oxygen atoms in total. The zero-order chi connectivity index (χ0) is 15.6. The molecule has 0 amide bonds. The second-order valence-electron chi connectivity index (χ2n) is 5.34. The van der Waals surface area contributed by atoms with Crippen molar-refractivity contribution < 1.29 is 23.4 Å². The Morgan fingerprint density at radius 3 is 2.62 bits per heavy atom. The minimum absolute atomic E-state index is 0.00658. The highest BCUT2D eigenvalue weighted by molar-refractivity contribution is 7.84. The fourth-order valence-corrected chi connectivity index (χ4v) is 3.96. The topological polar surface area (TPSA) is 97.5 Å². The van der Waals surface area contributed by atoms with Crippen LogP contribution in [0.2, 0.25) is 0 Å². The van der Waals surface area contributed by atoms with Gasteiger partial charge in [0.15, 0.2) is 0 Å². The normalized spacial score (nSPS) is 17.2. The summed E-state index contributed by atoms with van der Waals surface area (Å²) in [4.78, 5) is 20.4. The molecule has 1 aromatic rings. The van der Waals surface area contributed by atoms with Gasteiger partial charge in [0.05, 0.1) is 11.3 Å². The molecule has 1 N–H and O–H groups in total. The molecular weight excluding hydrogens is 301 g/mol. The molecule has 8 heteroatoms. The third kappa shape index (κ3) is 4.07. The molecule has 0 radical (unpaired) electrons. The zero-order valence-electron chi connectivity index (χ0n) is 11.1. The van der Waals surface area contributed by atoms with Crippen LogP contribution in [0.4, 0.5) is 10.1 Å². The van der Waals surface area contributed by atoms with E-state index in [2.05, 4.69) is 0 Å². The van der Waals surface area contributed by atoms with Crippen LogP contribution >= 0.6 is 0 Å². The van der Waals surface area contributed by atoms with Gasteiger partial charge in [-0.1, -0.05) is 6.07 Å². The first-order valence-corrected chi connectivity index (χ1v) is 7.80. The van der Waals surface area contributed by atoms with E-state index in [9.17, 15) is 23.5 Å². The number of halogens is 1. The maximum atomic E-state index is 13.5. The summed E-state index contributed by atoms with van der Waals surface area (Å²) in [5, 5.41) is 19.3. The molecule has 1 aliphatic rings. The molecule has 0 aromatic heterocycles. The van der Waals surface area contributed by atoms with E-state index in [4.69, 9.17) is 5.11 Å². The van der Waals surface area contributed by atoms with Crippen LogP contribution < -0.4 is 0 Å². The second-order valence-corrected chi connectivity index (χ2v) is 6.80. The number of nitro groups is 1. The molecule has 1 aliphatic carbocycles. The van der Waals surface area contributed by atoms with Crippen molar-refractivity contribution in [2.75, 3.05) is 5.75 Å². The number of hydrogen-bond donors (Lipinski definition) is 1. The van der Waals surface area contributed by atoms with Gasteiger partial charge in [-0.15, -0.1) is 0 Å². The second kappa shape index (κ2) is 5.88. The molecule has 21 heavy (non-hydrogen) atoms. The first-order chi connectivity index (χ1) is 9.81. The van der Waals surface area contributed by atoms with E-state index in [1.807, 2.05) is 0 Å². The lowest BCUT2D eigenvalue weighted by Crippen LogP contribution is -2.17. The highest BCUT2D eigenvalue weighted by atomic mass is 32.2. The smallest absolute Gasteiger partial charge is 0.304 e. The number of hydrogen-bond acceptors (Lipinski definition) is 4. The molecule has 114 valence electrons. The van der Waals surface area contributed by atoms with Gasteiger partial charge in [-0.25, -0.2) is 0 Å². The highest BCUT2D eigenvalue weighted by Gasteiger charge is 2.45. The lowest BCUT2D eigenvalue weighted by molar-refractivity contribution is -0.387. The van der Waals surface area contributed by atoms with E-state index in [0.717, 1.165) is 25.0 Å². The van der Waals surface area contributed by atoms with Gasteiger partial charge in [-0.05, 0) is 29.9 Å². The van der Waals surface area contributed by atoms with Crippen LogP contribution in [0.25, 0.3) is 0 Å². The summed E-state index contributed by atoms with van der Waals surface area (Å²) >= 11 is 0. The summed E-state index contributed by atoms with van der Waals surface area (Å²) in [6, 6.07) is 3.43. The first kappa shape index (κ1) is 15.6. The molecular formula is C13H14FNO5S. The molecule has 0 aliphatic heterocycles. The molecule has 1 unspecified atom stereocenters. The van der Waals surface area contributed by atoms with Crippen LogP contribution in [0.15, 0.2) is 18.2 Å². The molecule has 0 saturated heterocycles. The standard InChI is InChI=1S/C13H14FNO5S/c14-10-5-9(1-2-11(10)15(18)19)7-21(20)8-13(3-4-13)6-12(16)17/h1-2,5H,3-4,6-8H2,(H,16,17). The maximum Gasteiger partial charge on any atom is 0.304 e. The van der Waals surface area contributed by atoms with Crippen molar-refractivity contribution in [2.24, 2.45) is 5.41 Å². The van der Waals surface area contributed by atoms with E-state index < -0.39 is 38.6 Å². The van der Waals surface area contributed by atoms with Gasteiger partial charge in [-0.2, -0.15) is 4.39 Å². The quantitative estimate of drug-likeness (QED) is 0.614. The SMILES string of the molecule is O=C(O)CC1(CS(=O)Cc2ccc([N+](=O)[O-])c(F)c2)CC1. The molecule has 0 spiro atoms. The van der Waals surface area contributed by atoms with Gasteiger partial charge in [0, 0.05) is 28.4 Å². The van der Waals surface area contributed by atoms with Crippen molar-refractivity contribution in [3.8, 4) is 0 Å². The van der Waals surface area contributed by atoms with Crippen LogP contribution in [0.1, 0.15) is 24.8 Å². The van der Waals surface area contributed by atoms with Crippen molar-refractivity contribution in [1.82, 2.24) is 0 Å². The van der Waals surface area contributed by atoms with Crippen LogP contribution in [0.3, 0.4) is 0 Å². The summed E-state index contributed by atoms with van der Waals surface area (Å²) in [6.07, 6.45) is 1.46. The van der Waals surface area contributed by atoms with Crippen LogP contribution in [0, 0.1) is 21.3 Å². The van der Waals surface area contributed by atoms with Crippen LogP contribution in [0.5, 0.6) is 0 Å². The largest absolute Gasteiger partial charge is 0.481 e. The number of nitrogens with zero attached hydrogens (tertiary/aromatic N) is 1. The average Bonchev–Trinajstić information content (AvgIpc) is 3.06. The third-order valence-electron chi connectivity index (χ3n) is 3.49. The van der Waals surface area contributed by atoms with E-state index >= 15 is 0 Å². The molecule has 0 bridgehead atoms. The Balaban J connectivity index is 1.99. The summed E-state index contributed by atoms with van der Waals surface area (Å²) in [7, 11) is -1.32. The predicted molar refractivity (Wildman–Crippen MR) is 73.7 cm³/mol. The average molecular weight is 315 g/mol. The van der Waals surface area contributed by atoms with Crippen molar-refractivity contribution in [3.05, 3.63) is 39.7 Å². The molecule has 1 saturated carbocycles. The first-order valence-electron chi connectivity index (χ1n) is 6.31. The monoisotopic (exact) mass is 315 g/mol. The molecule has 1 atom stereocenters. The Kier molecular flexibility index (Phi) is 4.36. The highest BCUT2D eigenvalue weighted by Crippen LogP contribution is 2.49. The third-order valence-corrected chi connectivity index (χ3v) is 5.08. The molecule has 0 heterocycles. The predicted octanol–water partition coefficient (Wildman–Crippen LogP) is 2.24. The van der Waals surface area contributed by atoms with Crippen molar-refractivity contribution in [2.45, 2.75) is 25.0 Å². The summed E-state index contributed by atoms with van der Waals surface area (Å²) < 4.78 is 25.5. The number of rotatable bonds is 7. The summed E-state index contributed by atoms with van der Waals surface area (Å²) in [5.74, 6) is -1.54. The van der Waals surface area contributed by atoms with E-state index in [1.165, 1.54) is 6.07 Å². The van der Waals surface area contributed by atoms with Crippen molar-refractivity contribution >= 4 is 22.5 Å². The van der Waals surface area contributed by atoms with E-state index in [-0.39, 0.29) is 17.9 Å².